The Kier molecular flexibility index (Phi) is 5.81. The molecule has 1 fully saturated rings. The fourth-order valence-corrected chi connectivity index (χ4v) is 3.30. The van der Waals surface area contributed by atoms with E-state index in [4.69, 9.17) is 16.0 Å². The van der Waals surface area contributed by atoms with Gasteiger partial charge < -0.3 is 9.32 Å². The largest absolute Gasteiger partial charge is 0.468 e. The molecule has 0 N–H and O–H groups in total. The van der Waals surface area contributed by atoms with Crippen LogP contribution in [-0.2, 0) is 24.1 Å². The molecule has 27 heavy (non-hydrogen) atoms. The van der Waals surface area contributed by atoms with Crippen molar-refractivity contribution in [2.75, 3.05) is 26.2 Å². The second-order valence-corrected chi connectivity index (χ2v) is 6.83. The van der Waals surface area contributed by atoms with Gasteiger partial charge in [0.25, 0.3) is 0 Å². The van der Waals surface area contributed by atoms with Gasteiger partial charge in [-0.15, -0.1) is 0 Å². The molecule has 1 aliphatic heterocycles. The van der Waals surface area contributed by atoms with Crippen molar-refractivity contribution in [3.05, 3.63) is 40.6 Å². The number of alkyl halides is 3. The van der Waals surface area contributed by atoms with Gasteiger partial charge in [0, 0.05) is 32.6 Å². The highest BCUT2D eigenvalue weighted by Gasteiger charge is 2.38. The van der Waals surface area contributed by atoms with E-state index >= 15 is 0 Å². The summed E-state index contributed by atoms with van der Waals surface area (Å²) in [4.78, 5) is 16.3. The molecular weight excluding hydrogens is 385 g/mol. The third-order valence-electron chi connectivity index (χ3n) is 4.62. The van der Waals surface area contributed by atoms with E-state index in [-0.39, 0.29) is 24.6 Å². The number of furan rings is 1. The van der Waals surface area contributed by atoms with Crippen LogP contribution in [0.25, 0.3) is 0 Å². The molecule has 0 bridgehead atoms. The predicted molar refractivity (Wildman–Crippen MR) is 92.2 cm³/mol. The highest BCUT2D eigenvalue weighted by Crippen LogP contribution is 2.35. The lowest BCUT2D eigenvalue weighted by Gasteiger charge is -2.34. The number of hydrogen-bond acceptors (Lipinski definition) is 4. The third-order valence-corrected chi connectivity index (χ3v) is 5.08. The summed E-state index contributed by atoms with van der Waals surface area (Å²) in [6.45, 7) is 4.81. The Balaban J connectivity index is 1.50. The second kappa shape index (κ2) is 7.93. The van der Waals surface area contributed by atoms with Gasteiger partial charge in [-0.2, -0.15) is 18.3 Å². The van der Waals surface area contributed by atoms with Gasteiger partial charge in [0.1, 0.15) is 5.76 Å². The molecule has 10 heteroatoms. The van der Waals surface area contributed by atoms with Crippen LogP contribution in [-0.4, -0.2) is 51.7 Å². The van der Waals surface area contributed by atoms with Crippen molar-refractivity contribution in [3.63, 3.8) is 0 Å². The molecule has 3 heterocycles. The van der Waals surface area contributed by atoms with Crippen molar-refractivity contribution in [1.29, 1.82) is 0 Å². The van der Waals surface area contributed by atoms with Crippen molar-refractivity contribution in [3.8, 4) is 0 Å². The number of aromatic nitrogens is 2. The predicted octanol–water partition coefficient (Wildman–Crippen LogP) is 3.19. The number of hydrogen-bond donors (Lipinski definition) is 0. The Morgan fingerprint density at radius 3 is 2.56 bits per heavy atom. The number of rotatable bonds is 5. The van der Waals surface area contributed by atoms with E-state index in [9.17, 15) is 18.0 Å². The minimum absolute atomic E-state index is 0.0626. The molecule has 0 saturated carbocycles. The van der Waals surface area contributed by atoms with E-state index in [1.54, 1.807) is 11.2 Å². The molecule has 148 valence electrons. The quantitative estimate of drug-likeness (QED) is 0.768. The number of carbonyl (C=O) groups excluding carboxylic acids is 1. The van der Waals surface area contributed by atoms with Crippen molar-refractivity contribution in [2.45, 2.75) is 32.6 Å². The molecular formula is C17H20ClF3N4O2. The molecule has 2 aromatic rings. The van der Waals surface area contributed by atoms with Crippen molar-refractivity contribution in [2.24, 2.45) is 0 Å². The van der Waals surface area contributed by atoms with Crippen molar-refractivity contribution in [1.82, 2.24) is 19.6 Å². The SMILES string of the molecule is Cc1c(Cl)c(C(F)(F)F)nn1CCC(=O)N1CCN(Cc2ccco2)CC1. The molecule has 0 aromatic carbocycles. The summed E-state index contributed by atoms with van der Waals surface area (Å²) in [5.74, 6) is 0.772. The first-order valence-corrected chi connectivity index (χ1v) is 8.96. The zero-order chi connectivity index (χ0) is 19.6. The summed E-state index contributed by atoms with van der Waals surface area (Å²) in [6.07, 6.45) is -2.90. The van der Waals surface area contributed by atoms with Crippen LogP contribution in [0.3, 0.4) is 0 Å². The van der Waals surface area contributed by atoms with Crippen molar-refractivity contribution < 1.29 is 22.4 Å². The first-order valence-electron chi connectivity index (χ1n) is 8.58. The van der Waals surface area contributed by atoms with Crippen LogP contribution < -0.4 is 0 Å². The minimum Gasteiger partial charge on any atom is -0.468 e. The van der Waals surface area contributed by atoms with E-state index in [0.717, 1.165) is 23.5 Å². The van der Waals surface area contributed by atoms with E-state index < -0.39 is 16.9 Å². The molecule has 0 spiro atoms. The molecule has 2 aromatic heterocycles. The van der Waals surface area contributed by atoms with E-state index in [1.165, 1.54) is 6.92 Å². The number of piperazine rings is 1. The van der Waals surface area contributed by atoms with E-state index in [0.29, 0.717) is 19.6 Å². The van der Waals surface area contributed by atoms with Crippen molar-refractivity contribution >= 4 is 17.5 Å². The van der Waals surface area contributed by atoms with E-state index in [2.05, 4.69) is 10.00 Å². The summed E-state index contributed by atoms with van der Waals surface area (Å²) in [5, 5.41) is 3.11. The lowest BCUT2D eigenvalue weighted by atomic mass is 10.2. The third kappa shape index (κ3) is 4.65. The summed E-state index contributed by atoms with van der Waals surface area (Å²) < 4.78 is 45.0. The summed E-state index contributed by atoms with van der Waals surface area (Å²) in [5.41, 5.74) is -0.902. The zero-order valence-corrected chi connectivity index (χ0v) is 15.6. The van der Waals surface area contributed by atoms with Gasteiger partial charge >= 0.3 is 6.18 Å². The fourth-order valence-electron chi connectivity index (χ4n) is 3.06. The van der Waals surface area contributed by atoms with Gasteiger partial charge in [-0.25, -0.2) is 0 Å². The van der Waals surface area contributed by atoms with Crippen LogP contribution in [0.1, 0.15) is 23.6 Å². The summed E-state index contributed by atoms with van der Waals surface area (Å²) >= 11 is 5.73. The first-order chi connectivity index (χ1) is 12.8. The second-order valence-electron chi connectivity index (χ2n) is 6.46. The lowest BCUT2D eigenvalue weighted by molar-refractivity contribution is -0.141. The van der Waals surface area contributed by atoms with Gasteiger partial charge in [-0.05, 0) is 19.1 Å². The number of nitrogens with zero attached hydrogens (tertiary/aromatic N) is 4. The molecule has 1 aliphatic rings. The zero-order valence-electron chi connectivity index (χ0n) is 14.8. The Morgan fingerprint density at radius 2 is 2.00 bits per heavy atom. The maximum Gasteiger partial charge on any atom is 0.436 e. The fraction of sp³-hybridized carbons (Fsp3) is 0.529. The summed E-state index contributed by atoms with van der Waals surface area (Å²) in [6, 6.07) is 3.74. The minimum atomic E-state index is -4.61. The Hall–Kier alpha value is -2.00. The maximum absolute atomic E-state index is 12.9. The van der Waals surface area contributed by atoms with Gasteiger partial charge in [-0.1, -0.05) is 11.6 Å². The highest BCUT2D eigenvalue weighted by molar-refractivity contribution is 6.31. The molecule has 1 saturated heterocycles. The van der Waals surface area contributed by atoms with Gasteiger partial charge in [0.2, 0.25) is 5.91 Å². The monoisotopic (exact) mass is 404 g/mol. The van der Waals surface area contributed by atoms with Gasteiger partial charge in [0.15, 0.2) is 5.69 Å². The first kappa shape index (κ1) is 19.8. The average molecular weight is 405 g/mol. The average Bonchev–Trinajstić information content (AvgIpc) is 3.22. The van der Waals surface area contributed by atoms with Gasteiger partial charge in [-0.3, -0.25) is 14.4 Å². The van der Waals surface area contributed by atoms with Crippen LogP contribution in [0.4, 0.5) is 13.2 Å². The topological polar surface area (TPSA) is 54.5 Å². The van der Waals surface area contributed by atoms with Gasteiger partial charge in [0.05, 0.1) is 30.1 Å². The normalized spacial score (nSPS) is 16.1. The molecule has 6 nitrogen and oxygen atoms in total. The highest BCUT2D eigenvalue weighted by atomic mass is 35.5. The Bertz CT molecular complexity index is 781. The molecule has 0 atom stereocenters. The molecule has 0 radical (unpaired) electrons. The van der Waals surface area contributed by atoms with Crippen LogP contribution in [0.2, 0.25) is 5.02 Å². The number of amides is 1. The standard InChI is InChI=1S/C17H20ClF3N4O2/c1-12-15(18)16(17(19,20)21)22-25(12)5-4-14(26)24-8-6-23(7-9-24)11-13-3-2-10-27-13/h2-3,10H,4-9,11H2,1H3. The molecule has 3 rings (SSSR count). The van der Waals surface area contributed by atoms with Crippen LogP contribution >= 0.6 is 11.6 Å². The summed E-state index contributed by atoms with van der Waals surface area (Å²) in [7, 11) is 0. The maximum atomic E-state index is 12.9. The molecule has 0 aliphatic carbocycles. The number of halogens is 4. The smallest absolute Gasteiger partial charge is 0.436 e. The van der Waals surface area contributed by atoms with Crippen LogP contribution in [0.15, 0.2) is 22.8 Å². The van der Waals surface area contributed by atoms with Crippen LogP contribution in [0, 0.1) is 6.92 Å². The Morgan fingerprint density at radius 1 is 1.30 bits per heavy atom. The van der Waals surface area contributed by atoms with E-state index in [1.807, 2.05) is 12.1 Å². The number of carbonyl (C=O) groups is 1. The number of aryl methyl sites for hydroxylation is 1. The van der Waals surface area contributed by atoms with Crippen LogP contribution in [0.5, 0.6) is 0 Å². The molecule has 1 amide bonds. The Labute approximate surface area is 159 Å². The molecule has 0 unspecified atom stereocenters. The lowest BCUT2D eigenvalue weighted by Crippen LogP contribution is -2.48.